The molecule has 0 amide bonds. The van der Waals surface area contributed by atoms with Crippen LogP contribution in [0.15, 0.2) is 83.8 Å². The van der Waals surface area contributed by atoms with Gasteiger partial charge in [-0.3, -0.25) is 4.55 Å². The summed E-state index contributed by atoms with van der Waals surface area (Å²) in [6, 6.07) is 23.3. The number of fused-ring (bicyclic) bond motifs is 1. The van der Waals surface area contributed by atoms with E-state index in [2.05, 4.69) is 5.32 Å². The van der Waals surface area contributed by atoms with Crippen LogP contribution in [0.5, 0.6) is 5.75 Å². The van der Waals surface area contributed by atoms with E-state index in [-0.39, 0.29) is 5.39 Å². The molecule has 0 bridgehead atoms. The third-order valence-corrected chi connectivity index (χ3v) is 5.57. The van der Waals surface area contributed by atoms with E-state index in [1.807, 2.05) is 48.5 Å². The topological polar surface area (TPSA) is 113 Å². The number of hydrogen-bond donors (Lipinski definition) is 4. The summed E-state index contributed by atoms with van der Waals surface area (Å²) in [6.45, 7) is 0. The molecule has 146 valence electrons. The van der Waals surface area contributed by atoms with Crippen molar-refractivity contribution in [3.05, 3.63) is 78.9 Å². The molecule has 5 N–H and O–H groups in total. The number of hydrogen-bond acceptors (Lipinski definition) is 5. The molecule has 0 saturated carbocycles. The van der Waals surface area contributed by atoms with E-state index in [1.54, 1.807) is 24.3 Å². The fraction of sp³-hybridized carbons (Fsp3) is 0. The predicted octanol–water partition coefficient (Wildman–Crippen LogP) is 4.78. The van der Waals surface area contributed by atoms with Crippen molar-refractivity contribution in [1.29, 1.82) is 0 Å². The molecule has 4 aromatic rings. The molecule has 0 heterocycles. The molecule has 0 atom stereocenters. The molecule has 4 rings (SSSR count). The Bertz CT molecular complexity index is 1300. The zero-order valence-corrected chi connectivity index (χ0v) is 16.0. The van der Waals surface area contributed by atoms with Gasteiger partial charge < -0.3 is 16.2 Å². The molecule has 4 aromatic carbocycles. The van der Waals surface area contributed by atoms with E-state index in [0.29, 0.717) is 11.1 Å². The molecule has 0 aliphatic carbocycles. The average Bonchev–Trinajstić information content (AvgIpc) is 2.68. The van der Waals surface area contributed by atoms with Gasteiger partial charge in [-0.05, 0) is 59.0 Å². The van der Waals surface area contributed by atoms with Gasteiger partial charge in [0.1, 0.15) is 10.6 Å². The third kappa shape index (κ3) is 3.87. The maximum Gasteiger partial charge on any atom is 0.298 e. The van der Waals surface area contributed by atoms with Gasteiger partial charge in [-0.1, -0.05) is 36.4 Å². The van der Waals surface area contributed by atoms with E-state index in [0.717, 1.165) is 22.5 Å². The molecular formula is C22H18N2O4S. The first-order chi connectivity index (χ1) is 13.8. The van der Waals surface area contributed by atoms with E-state index in [4.69, 9.17) is 5.73 Å². The Balaban J connectivity index is 1.63. The number of phenolic OH excluding ortho intramolecular Hbond substituents is 1. The van der Waals surface area contributed by atoms with Crippen molar-refractivity contribution >= 4 is 38.0 Å². The molecule has 0 saturated heterocycles. The van der Waals surface area contributed by atoms with Crippen LogP contribution in [0.25, 0.3) is 21.9 Å². The lowest BCUT2D eigenvalue weighted by molar-refractivity contribution is 0.445. The summed E-state index contributed by atoms with van der Waals surface area (Å²) in [5.74, 6) is -0.487. The number of nitrogens with one attached hydrogen (secondary N) is 1. The largest absolute Gasteiger partial charge is 0.506 e. The zero-order chi connectivity index (χ0) is 20.6. The standard InChI is InChI=1S/C22H18N2O4S/c23-17-6-1-14(2-7-17)15-3-8-18(9-4-15)24-19-10-11-20-16(13-19)5-12-21(25)22(20)29(26,27)28/h1-13,24-25H,23H2,(H,26,27,28). The summed E-state index contributed by atoms with van der Waals surface area (Å²) >= 11 is 0. The molecule has 0 fully saturated rings. The Kier molecular flexibility index (Phi) is 4.62. The lowest BCUT2D eigenvalue weighted by atomic mass is 10.0. The van der Waals surface area contributed by atoms with Crippen molar-refractivity contribution in [3.63, 3.8) is 0 Å². The van der Waals surface area contributed by atoms with Crippen LogP contribution in [0.1, 0.15) is 0 Å². The lowest BCUT2D eigenvalue weighted by Crippen LogP contribution is -2.00. The second-order valence-corrected chi connectivity index (χ2v) is 8.01. The Morgan fingerprint density at radius 2 is 1.34 bits per heavy atom. The zero-order valence-electron chi connectivity index (χ0n) is 15.2. The number of anilines is 3. The molecule has 0 radical (unpaired) electrons. The predicted molar refractivity (Wildman–Crippen MR) is 115 cm³/mol. The second-order valence-electron chi connectivity index (χ2n) is 6.65. The van der Waals surface area contributed by atoms with Crippen molar-refractivity contribution in [3.8, 4) is 16.9 Å². The minimum Gasteiger partial charge on any atom is -0.506 e. The number of aromatic hydroxyl groups is 1. The molecule has 6 nitrogen and oxygen atoms in total. The van der Waals surface area contributed by atoms with Crippen LogP contribution in [0.4, 0.5) is 17.1 Å². The van der Waals surface area contributed by atoms with Gasteiger partial charge in [-0.2, -0.15) is 8.42 Å². The average molecular weight is 406 g/mol. The van der Waals surface area contributed by atoms with E-state index >= 15 is 0 Å². The highest BCUT2D eigenvalue weighted by Crippen LogP contribution is 2.33. The highest BCUT2D eigenvalue weighted by atomic mass is 32.2. The maximum atomic E-state index is 11.6. The van der Waals surface area contributed by atoms with Crippen molar-refractivity contribution < 1.29 is 18.1 Å². The molecule has 0 unspecified atom stereocenters. The van der Waals surface area contributed by atoms with Gasteiger partial charge in [-0.25, -0.2) is 0 Å². The quantitative estimate of drug-likeness (QED) is 0.286. The van der Waals surface area contributed by atoms with Gasteiger partial charge in [0.15, 0.2) is 0 Å². The van der Waals surface area contributed by atoms with Gasteiger partial charge >= 0.3 is 0 Å². The Morgan fingerprint density at radius 3 is 1.97 bits per heavy atom. The second kappa shape index (κ2) is 7.12. The first-order valence-electron chi connectivity index (χ1n) is 8.77. The van der Waals surface area contributed by atoms with Crippen LogP contribution < -0.4 is 11.1 Å². The van der Waals surface area contributed by atoms with Crippen molar-refractivity contribution in [2.24, 2.45) is 0 Å². The van der Waals surface area contributed by atoms with Gasteiger partial charge in [0, 0.05) is 22.4 Å². The normalized spacial score (nSPS) is 11.5. The molecule has 29 heavy (non-hydrogen) atoms. The molecule has 0 aliphatic heterocycles. The van der Waals surface area contributed by atoms with E-state index in [9.17, 15) is 18.1 Å². The summed E-state index contributed by atoms with van der Waals surface area (Å²) in [7, 11) is -4.54. The summed E-state index contributed by atoms with van der Waals surface area (Å²) in [6.07, 6.45) is 0. The lowest BCUT2D eigenvalue weighted by Gasteiger charge is -2.11. The maximum absolute atomic E-state index is 11.6. The highest BCUT2D eigenvalue weighted by molar-refractivity contribution is 7.86. The van der Waals surface area contributed by atoms with Gasteiger partial charge in [0.05, 0.1) is 0 Å². The number of phenols is 1. The van der Waals surface area contributed by atoms with Gasteiger partial charge in [-0.15, -0.1) is 0 Å². The van der Waals surface area contributed by atoms with Crippen LogP contribution in [-0.2, 0) is 10.1 Å². The van der Waals surface area contributed by atoms with Crippen LogP contribution in [0.2, 0.25) is 0 Å². The Hall–Kier alpha value is -3.55. The van der Waals surface area contributed by atoms with Crippen LogP contribution in [0.3, 0.4) is 0 Å². The summed E-state index contributed by atoms with van der Waals surface area (Å²) in [4.78, 5) is -0.491. The van der Waals surface area contributed by atoms with Gasteiger partial charge in [0.2, 0.25) is 0 Å². The summed E-state index contributed by atoms with van der Waals surface area (Å²) < 4.78 is 32.6. The number of rotatable bonds is 4. The van der Waals surface area contributed by atoms with Crippen LogP contribution in [-0.4, -0.2) is 18.1 Å². The monoisotopic (exact) mass is 406 g/mol. The smallest absolute Gasteiger partial charge is 0.298 e. The number of nitrogens with two attached hydrogens (primary N) is 1. The minimum absolute atomic E-state index is 0.247. The van der Waals surface area contributed by atoms with Gasteiger partial charge in [0.25, 0.3) is 10.1 Å². The Morgan fingerprint density at radius 1 is 0.759 bits per heavy atom. The molecular weight excluding hydrogens is 388 g/mol. The van der Waals surface area contributed by atoms with E-state index in [1.165, 1.54) is 6.07 Å². The van der Waals surface area contributed by atoms with Crippen LogP contribution in [0, 0.1) is 0 Å². The molecule has 7 heteroatoms. The van der Waals surface area contributed by atoms with Crippen LogP contribution >= 0.6 is 0 Å². The first kappa shape index (κ1) is 18.8. The summed E-state index contributed by atoms with van der Waals surface area (Å²) in [5.41, 5.74) is 10.2. The first-order valence-corrected chi connectivity index (χ1v) is 10.2. The van der Waals surface area contributed by atoms with Crippen molar-refractivity contribution in [1.82, 2.24) is 0 Å². The van der Waals surface area contributed by atoms with Crippen molar-refractivity contribution in [2.45, 2.75) is 4.90 Å². The SMILES string of the molecule is Nc1ccc(-c2ccc(Nc3ccc4c(S(=O)(=O)O)c(O)ccc4c3)cc2)cc1. The molecule has 0 spiro atoms. The molecule has 0 aliphatic rings. The fourth-order valence-corrected chi connectivity index (χ4v) is 4.02. The van der Waals surface area contributed by atoms with Crippen molar-refractivity contribution in [2.75, 3.05) is 11.1 Å². The fourth-order valence-electron chi connectivity index (χ4n) is 3.23. The minimum atomic E-state index is -4.54. The number of nitrogen functional groups attached to an aromatic ring is 1. The van der Waals surface area contributed by atoms with E-state index < -0.39 is 20.8 Å². The summed E-state index contributed by atoms with van der Waals surface area (Å²) in [5, 5.41) is 13.9. The highest BCUT2D eigenvalue weighted by Gasteiger charge is 2.19. The third-order valence-electron chi connectivity index (χ3n) is 4.63. The number of benzene rings is 4. The molecule has 0 aromatic heterocycles. The Labute approximate surface area is 168 Å².